The summed E-state index contributed by atoms with van der Waals surface area (Å²) in [7, 11) is 3.10. The third kappa shape index (κ3) is 4.53. The molecular formula is C15H24N2O4. The number of carbonyl (C=O) groups excluding carboxylic acids is 1. The van der Waals surface area contributed by atoms with Gasteiger partial charge in [-0.1, -0.05) is 6.07 Å². The summed E-state index contributed by atoms with van der Waals surface area (Å²) < 4.78 is 10.4. The van der Waals surface area contributed by atoms with E-state index in [9.17, 15) is 9.90 Å². The lowest BCUT2D eigenvalue weighted by Gasteiger charge is -2.30. The first kappa shape index (κ1) is 17.1. The Hall–Kier alpha value is -1.95. The molecule has 6 nitrogen and oxygen atoms in total. The average Bonchev–Trinajstić information content (AvgIpc) is 2.39. The Kier molecular flexibility index (Phi) is 5.43. The highest BCUT2D eigenvalue weighted by atomic mass is 16.6. The van der Waals surface area contributed by atoms with E-state index in [2.05, 4.69) is 0 Å². The van der Waals surface area contributed by atoms with Gasteiger partial charge in [0.2, 0.25) is 0 Å². The molecule has 0 saturated heterocycles. The van der Waals surface area contributed by atoms with E-state index >= 15 is 0 Å². The molecule has 1 amide bonds. The second kappa shape index (κ2) is 6.67. The molecule has 1 aromatic carbocycles. The van der Waals surface area contributed by atoms with Crippen LogP contribution in [0.5, 0.6) is 11.5 Å². The molecule has 0 radical (unpaired) electrons. The van der Waals surface area contributed by atoms with E-state index in [1.165, 1.54) is 18.1 Å². The molecular weight excluding hydrogens is 272 g/mol. The highest BCUT2D eigenvalue weighted by molar-refractivity contribution is 5.68. The quantitative estimate of drug-likeness (QED) is 0.890. The van der Waals surface area contributed by atoms with Crippen molar-refractivity contribution >= 4 is 6.09 Å². The number of aromatic hydroxyl groups is 1. The number of likely N-dealkylation sites (N-methyl/N-ethyl adjacent to an activating group) is 1. The fraction of sp³-hybridized carbons (Fsp3) is 0.533. The predicted molar refractivity (Wildman–Crippen MR) is 80.5 cm³/mol. The largest absolute Gasteiger partial charge is 0.504 e. The van der Waals surface area contributed by atoms with E-state index in [-0.39, 0.29) is 18.3 Å². The van der Waals surface area contributed by atoms with Gasteiger partial charge in [0.15, 0.2) is 11.5 Å². The third-order valence-corrected chi connectivity index (χ3v) is 2.96. The van der Waals surface area contributed by atoms with Gasteiger partial charge < -0.3 is 25.2 Å². The number of hydrogen-bond acceptors (Lipinski definition) is 5. The third-order valence-electron chi connectivity index (χ3n) is 2.96. The van der Waals surface area contributed by atoms with Gasteiger partial charge in [0.1, 0.15) is 5.60 Å². The molecule has 0 heterocycles. The Balaban J connectivity index is 2.99. The molecule has 1 atom stereocenters. The number of amides is 1. The first-order chi connectivity index (χ1) is 9.69. The number of methoxy groups -OCH3 is 1. The molecule has 0 aliphatic rings. The van der Waals surface area contributed by atoms with Crippen LogP contribution in [0.4, 0.5) is 4.79 Å². The highest BCUT2D eigenvalue weighted by Gasteiger charge is 2.26. The van der Waals surface area contributed by atoms with Gasteiger partial charge in [0.25, 0.3) is 0 Å². The minimum atomic E-state index is -0.572. The van der Waals surface area contributed by atoms with E-state index in [0.717, 1.165) is 5.56 Å². The van der Waals surface area contributed by atoms with Gasteiger partial charge >= 0.3 is 6.09 Å². The number of carbonyl (C=O) groups is 1. The summed E-state index contributed by atoms with van der Waals surface area (Å²) in [6.45, 7) is 5.64. The topological polar surface area (TPSA) is 85.0 Å². The molecule has 1 aromatic rings. The maximum atomic E-state index is 12.1. The normalized spacial score (nSPS) is 12.7. The van der Waals surface area contributed by atoms with Crippen LogP contribution in [-0.2, 0) is 4.74 Å². The summed E-state index contributed by atoms with van der Waals surface area (Å²) in [4.78, 5) is 13.6. The van der Waals surface area contributed by atoms with E-state index in [1.54, 1.807) is 40.0 Å². The van der Waals surface area contributed by atoms with Crippen molar-refractivity contribution in [2.45, 2.75) is 32.4 Å². The van der Waals surface area contributed by atoms with Crippen molar-refractivity contribution in [1.82, 2.24) is 4.90 Å². The summed E-state index contributed by atoms with van der Waals surface area (Å²) in [5, 5.41) is 9.63. The SMILES string of the molecule is COc1cc(C(CN)N(C)C(=O)OC(C)(C)C)ccc1O. The summed E-state index contributed by atoms with van der Waals surface area (Å²) >= 11 is 0. The molecule has 0 aliphatic heterocycles. The Bertz CT molecular complexity index is 497. The van der Waals surface area contributed by atoms with Crippen molar-refractivity contribution in [3.63, 3.8) is 0 Å². The van der Waals surface area contributed by atoms with Crippen LogP contribution in [0.15, 0.2) is 18.2 Å². The summed E-state index contributed by atoms with van der Waals surface area (Å²) in [6.07, 6.45) is -0.454. The number of ether oxygens (including phenoxy) is 2. The van der Waals surface area contributed by atoms with Crippen LogP contribution in [-0.4, -0.2) is 42.4 Å². The monoisotopic (exact) mass is 296 g/mol. The lowest BCUT2D eigenvalue weighted by atomic mass is 10.1. The molecule has 0 aromatic heterocycles. The minimum Gasteiger partial charge on any atom is -0.504 e. The zero-order chi connectivity index (χ0) is 16.2. The highest BCUT2D eigenvalue weighted by Crippen LogP contribution is 2.30. The Morgan fingerprint density at radius 2 is 2.05 bits per heavy atom. The molecule has 1 rings (SSSR count). The Morgan fingerprint density at radius 1 is 1.43 bits per heavy atom. The molecule has 0 fully saturated rings. The number of benzene rings is 1. The van der Waals surface area contributed by atoms with Crippen LogP contribution in [0.25, 0.3) is 0 Å². The zero-order valence-corrected chi connectivity index (χ0v) is 13.2. The first-order valence-corrected chi connectivity index (χ1v) is 6.72. The molecule has 0 aliphatic carbocycles. The molecule has 6 heteroatoms. The summed E-state index contributed by atoms with van der Waals surface area (Å²) in [6, 6.07) is 4.51. The van der Waals surface area contributed by atoms with Gasteiger partial charge in [0, 0.05) is 13.6 Å². The van der Waals surface area contributed by atoms with Gasteiger partial charge in [-0.05, 0) is 38.5 Å². The van der Waals surface area contributed by atoms with Crippen molar-refractivity contribution in [2.75, 3.05) is 20.7 Å². The summed E-state index contributed by atoms with van der Waals surface area (Å²) in [5.41, 5.74) is 5.98. The van der Waals surface area contributed by atoms with Crippen LogP contribution in [0.1, 0.15) is 32.4 Å². The van der Waals surface area contributed by atoms with Crippen LogP contribution < -0.4 is 10.5 Å². The van der Waals surface area contributed by atoms with E-state index in [0.29, 0.717) is 5.75 Å². The number of nitrogens with zero attached hydrogens (tertiary/aromatic N) is 1. The van der Waals surface area contributed by atoms with Gasteiger partial charge in [-0.15, -0.1) is 0 Å². The number of phenolic OH excluding ortho intramolecular Hbond substituents is 1. The number of hydrogen-bond donors (Lipinski definition) is 2. The smallest absolute Gasteiger partial charge is 0.410 e. The van der Waals surface area contributed by atoms with E-state index < -0.39 is 11.7 Å². The van der Waals surface area contributed by atoms with E-state index in [1.807, 2.05) is 0 Å². The van der Waals surface area contributed by atoms with E-state index in [4.69, 9.17) is 15.2 Å². The second-order valence-electron chi connectivity index (χ2n) is 5.77. The molecule has 118 valence electrons. The molecule has 0 bridgehead atoms. The maximum Gasteiger partial charge on any atom is 0.410 e. The van der Waals surface area contributed by atoms with Gasteiger partial charge in [-0.2, -0.15) is 0 Å². The molecule has 1 unspecified atom stereocenters. The lowest BCUT2D eigenvalue weighted by Crippen LogP contribution is -2.39. The maximum absolute atomic E-state index is 12.1. The Morgan fingerprint density at radius 3 is 2.52 bits per heavy atom. The van der Waals surface area contributed by atoms with Crippen molar-refractivity contribution in [3.8, 4) is 11.5 Å². The minimum absolute atomic E-state index is 0.0388. The van der Waals surface area contributed by atoms with Crippen molar-refractivity contribution in [2.24, 2.45) is 5.73 Å². The van der Waals surface area contributed by atoms with Crippen molar-refractivity contribution < 1.29 is 19.4 Å². The van der Waals surface area contributed by atoms with Crippen molar-refractivity contribution in [3.05, 3.63) is 23.8 Å². The standard InChI is InChI=1S/C15H24N2O4/c1-15(2,3)21-14(19)17(4)11(9-16)10-6-7-12(18)13(8-10)20-5/h6-8,11,18H,9,16H2,1-5H3. The fourth-order valence-electron chi connectivity index (χ4n) is 1.88. The molecule has 0 saturated carbocycles. The molecule has 3 N–H and O–H groups in total. The molecule has 21 heavy (non-hydrogen) atoms. The predicted octanol–water partition coefficient (Wildman–Crippen LogP) is 2.27. The number of nitrogens with two attached hydrogens (primary N) is 1. The van der Waals surface area contributed by atoms with Crippen LogP contribution in [0.2, 0.25) is 0 Å². The van der Waals surface area contributed by atoms with Gasteiger partial charge in [-0.25, -0.2) is 4.79 Å². The van der Waals surface area contributed by atoms with Crippen molar-refractivity contribution in [1.29, 1.82) is 0 Å². The van der Waals surface area contributed by atoms with Gasteiger partial charge in [0.05, 0.1) is 13.2 Å². The second-order valence-corrected chi connectivity index (χ2v) is 5.77. The lowest BCUT2D eigenvalue weighted by molar-refractivity contribution is 0.0225. The molecule has 0 spiro atoms. The zero-order valence-electron chi connectivity index (χ0n) is 13.2. The van der Waals surface area contributed by atoms with Crippen LogP contribution >= 0.6 is 0 Å². The Labute approximate surface area is 125 Å². The van der Waals surface area contributed by atoms with Crippen LogP contribution in [0, 0.1) is 0 Å². The fourth-order valence-corrected chi connectivity index (χ4v) is 1.88. The number of phenols is 1. The summed E-state index contributed by atoms with van der Waals surface area (Å²) in [5.74, 6) is 0.375. The van der Waals surface area contributed by atoms with Crippen LogP contribution in [0.3, 0.4) is 0 Å². The number of rotatable bonds is 4. The first-order valence-electron chi connectivity index (χ1n) is 6.72. The average molecular weight is 296 g/mol. The van der Waals surface area contributed by atoms with Gasteiger partial charge in [-0.3, -0.25) is 0 Å².